The zero-order valence-corrected chi connectivity index (χ0v) is 15.9. The van der Waals surface area contributed by atoms with Crippen molar-refractivity contribution in [2.24, 2.45) is 5.92 Å². The number of ether oxygens (including phenoxy) is 1. The van der Waals surface area contributed by atoms with Crippen molar-refractivity contribution in [2.75, 3.05) is 12.8 Å². The summed E-state index contributed by atoms with van der Waals surface area (Å²) in [6.45, 7) is 2.24. The van der Waals surface area contributed by atoms with Gasteiger partial charge in [0.1, 0.15) is 15.5 Å². The second-order valence-corrected chi connectivity index (χ2v) is 7.87. The predicted molar refractivity (Wildman–Crippen MR) is 106 cm³/mol. The lowest BCUT2D eigenvalue weighted by atomic mass is 9.85. The molecule has 26 heavy (non-hydrogen) atoms. The molecule has 0 radical (unpaired) electrons. The first-order valence-electron chi connectivity index (χ1n) is 9.00. The number of nitrogens with zero attached hydrogens (tertiary/aromatic N) is 1. The average Bonchev–Trinajstić information content (AvgIpc) is 3.01. The summed E-state index contributed by atoms with van der Waals surface area (Å²) in [5.74, 6) is 1.31. The number of rotatable bonds is 4. The smallest absolute Gasteiger partial charge is 0.205 e. The number of hydrogen-bond acceptors (Lipinski definition) is 5. The van der Waals surface area contributed by atoms with Crippen molar-refractivity contribution in [2.45, 2.75) is 32.6 Å². The summed E-state index contributed by atoms with van der Waals surface area (Å²) in [4.78, 5) is 19.2. The molecule has 2 heterocycles. The van der Waals surface area contributed by atoms with Crippen LogP contribution in [0.25, 0.3) is 10.2 Å². The van der Waals surface area contributed by atoms with Crippen LogP contribution >= 0.6 is 11.3 Å². The Morgan fingerprint density at radius 2 is 2.23 bits per heavy atom. The van der Waals surface area contributed by atoms with Gasteiger partial charge in [-0.3, -0.25) is 4.79 Å². The molecule has 2 N–H and O–H groups in total. The van der Waals surface area contributed by atoms with Crippen LogP contribution in [-0.4, -0.2) is 17.9 Å². The minimum absolute atomic E-state index is 0.0752. The van der Waals surface area contributed by atoms with E-state index in [9.17, 15) is 4.79 Å². The van der Waals surface area contributed by atoms with Gasteiger partial charge < -0.3 is 10.5 Å². The summed E-state index contributed by atoms with van der Waals surface area (Å²) in [5.41, 5.74) is 9.96. The van der Waals surface area contributed by atoms with Gasteiger partial charge in [0.25, 0.3) is 0 Å². The summed E-state index contributed by atoms with van der Waals surface area (Å²) in [5, 5.41) is 0.914. The van der Waals surface area contributed by atoms with Gasteiger partial charge in [0, 0.05) is 16.6 Å². The van der Waals surface area contributed by atoms with Gasteiger partial charge in [0.2, 0.25) is 5.78 Å². The van der Waals surface area contributed by atoms with E-state index < -0.39 is 0 Å². The van der Waals surface area contributed by atoms with Crippen molar-refractivity contribution >= 4 is 33.0 Å². The summed E-state index contributed by atoms with van der Waals surface area (Å²) in [7, 11) is 1.59. The molecule has 0 spiro atoms. The summed E-state index contributed by atoms with van der Waals surface area (Å²) in [6.07, 6.45) is 4.46. The van der Waals surface area contributed by atoms with E-state index >= 15 is 0 Å². The SMILES string of the molecule is CC[C@H]1CCc2nc3sc(C(=O)c4cccc(OC)c4)c(N)c3cc2C1. The summed E-state index contributed by atoms with van der Waals surface area (Å²) >= 11 is 1.39. The topological polar surface area (TPSA) is 65.2 Å². The van der Waals surface area contributed by atoms with Gasteiger partial charge in [-0.05, 0) is 48.9 Å². The van der Waals surface area contributed by atoms with Gasteiger partial charge in [-0.1, -0.05) is 25.5 Å². The number of carbonyl (C=O) groups excluding carboxylic acids is 1. The number of fused-ring (bicyclic) bond motifs is 2. The maximum atomic E-state index is 13.0. The van der Waals surface area contributed by atoms with Crippen molar-refractivity contribution in [1.82, 2.24) is 4.98 Å². The number of hydrogen-bond donors (Lipinski definition) is 1. The Balaban J connectivity index is 1.77. The normalized spacial score (nSPS) is 16.5. The first-order valence-corrected chi connectivity index (χ1v) is 9.81. The first-order chi connectivity index (χ1) is 12.6. The van der Waals surface area contributed by atoms with Gasteiger partial charge in [-0.2, -0.15) is 0 Å². The van der Waals surface area contributed by atoms with Gasteiger partial charge in [0.15, 0.2) is 0 Å². The van der Waals surface area contributed by atoms with Crippen molar-refractivity contribution < 1.29 is 9.53 Å². The molecule has 5 heteroatoms. The lowest BCUT2D eigenvalue weighted by molar-refractivity contribution is 0.104. The van der Waals surface area contributed by atoms with E-state index in [1.54, 1.807) is 19.2 Å². The molecule has 0 fully saturated rings. The van der Waals surface area contributed by atoms with Crippen molar-refractivity contribution in [3.63, 3.8) is 0 Å². The lowest BCUT2D eigenvalue weighted by Crippen LogP contribution is -2.14. The minimum atomic E-state index is -0.0752. The maximum Gasteiger partial charge on any atom is 0.205 e. The molecule has 0 aliphatic heterocycles. The van der Waals surface area contributed by atoms with E-state index in [1.807, 2.05) is 12.1 Å². The summed E-state index contributed by atoms with van der Waals surface area (Å²) in [6, 6.07) is 9.34. The number of nitrogen functional groups attached to an aromatic ring is 1. The third-order valence-corrected chi connectivity index (χ3v) is 6.42. The zero-order chi connectivity index (χ0) is 18.3. The zero-order valence-electron chi connectivity index (χ0n) is 15.0. The van der Waals surface area contributed by atoms with E-state index in [2.05, 4.69) is 13.0 Å². The number of pyridine rings is 1. The second kappa shape index (κ2) is 6.72. The monoisotopic (exact) mass is 366 g/mol. The highest BCUT2D eigenvalue weighted by Gasteiger charge is 2.23. The van der Waals surface area contributed by atoms with E-state index in [0.717, 1.165) is 29.0 Å². The lowest BCUT2D eigenvalue weighted by Gasteiger charge is -2.22. The molecule has 0 saturated carbocycles. The molecule has 3 aromatic rings. The van der Waals surface area contributed by atoms with E-state index in [0.29, 0.717) is 21.9 Å². The molecular formula is C21H22N2O2S. The van der Waals surface area contributed by atoms with Crippen LogP contribution in [0.3, 0.4) is 0 Å². The van der Waals surface area contributed by atoms with Crippen LogP contribution in [0.1, 0.15) is 46.3 Å². The number of aromatic nitrogens is 1. The van der Waals surface area contributed by atoms with Crippen molar-refractivity contribution in [3.8, 4) is 5.75 Å². The first kappa shape index (κ1) is 17.0. The Bertz CT molecular complexity index is 993. The minimum Gasteiger partial charge on any atom is -0.497 e. The maximum absolute atomic E-state index is 13.0. The molecule has 0 amide bonds. The Morgan fingerprint density at radius 1 is 1.38 bits per heavy atom. The standard InChI is InChI=1S/C21H22N2O2S/c1-3-12-7-8-17-14(9-12)11-16-18(22)20(26-21(16)23-17)19(24)13-5-4-6-15(10-13)25-2/h4-6,10-12H,3,7-9,22H2,1-2H3/t12-/m0/s1. The number of ketones is 1. The average molecular weight is 366 g/mol. The molecule has 1 aliphatic rings. The van der Waals surface area contributed by atoms with Gasteiger partial charge in [0.05, 0.1) is 12.8 Å². The Morgan fingerprint density at radius 3 is 3.00 bits per heavy atom. The fourth-order valence-corrected chi connectivity index (χ4v) is 4.74. The van der Waals surface area contributed by atoms with Gasteiger partial charge in [-0.15, -0.1) is 11.3 Å². The van der Waals surface area contributed by atoms with Crippen molar-refractivity contribution in [1.29, 1.82) is 0 Å². The highest BCUT2D eigenvalue weighted by atomic mass is 32.1. The third-order valence-electron chi connectivity index (χ3n) is 5.30. The fraction of sp³-hybridized carbons (Fsp3) is 0.333. The third kappa shape index (κ3) is 2.86. The molecule has 1 atom stereocenters. The van der Waals surface area contributed by atoms with Crippen LogP contribution in [0.5, 0.6) is 5.75 Å². The number of methoxy groups -OCH3 is 1. The van der Waals surface area contributed by atoms with E-state index in [-0.39, 0.29) is 5.78 Å². The van der Waals surface area contributed by atoms with E-state index in [1.165, 1.54) is 35.4 Å². The fourth-order valence-electron chi connectivity index (χ4n) is 3.68. The Labute approximate surface area is 157 Å². The number of anilines is 1. The van der Waals surface area contributed by atoms with Crippen LogP contribution < -0.4 is 10.5 Å². The predicted octanol–water partition coefficient (Wildman–Crippen LogP) is 4.63. The highest BCUT2D eigenvalue weighted by Crippen LogP contribution is 2.37. The van der Waals surface area contributed by atoms with Crippen molar-refractivity contribution in [3.05, 3.63) is 52.0 Å². The quantitative estimate of drug-likeness (QED) is 0.684. The number of thiophene rings is 1. The molecule has 134 valence electrons. The van der Waals surface area contributed by atoms with Gasteiger partial charge in [-0.25, -0.2) is 4.98 Å². The Kier molecular flexibility index (Phi) is 4.41. The van der Waals surface area contributed by atoms with Crippen LogP contribution in [0.4, 0.5) is 5.69 Å². The number of aryl methyl sites for hydroxylation is 1. The molecule has 4 nitrogen and oxygen atoms in total. The molecule has 1 aliphatic carbocycles. The van der Waals surface area contributed by atoms with Crippen LogP contribution in [0.2, 0.25) is 0 Å². The summed E-state index contributed by atoms with van der Waals surface area (Å²) < 4.78 is 5.23. The van der Waals surface area contributed by atoms with Crippen LogP contribution in [-0.2, 0) is 12.8 Å². The molecule has 0 saturated heterocycles. The molecule has 0 bridgehead atoms. The Hall–Kier alpha value is -2.40. The van der Waals surface area contributed by atoms with Crippen LogP contribution in [0.15, 0.2) is 30.3 Å². The van der Waals surface area contributed by atoms with Gasteiger partial charge >= 0.3 is 0 Å². The molecular weight excluding hydrogens is 344 g/mol. The molecule has 1 aromatic carbocycles. The van der Waals surface area contributed by atoms with Crippen LogP contribution in [0, 0.1) is 5.92 Å². The number of nitrogens with two attached hydrogens (primary N) is 1. The van der Waals surface area contributed by atoms with E-state index in [4.69, 9.17) is 15.5 Å². The number of benzene rings is 1. The highest BCUT2D eigenvalue weighted by molar-refractivity contribution is 7.21. The second-order valence-electron chi connectivity index (χ2n) is 6.87. The molecule has 4 rings (SSSR count). The largest absolute Gasteiger partial charge is 0.497 e. The molecule has 0 unspecified atom stereocenters. The number of carbonyl (C=O) groups is 1. The molecule has 2 aromatic heterocycles.